The minimum Gasteiger partial charge on any atom is -0.388 e. The molecule has 0 amide bonds. The number of hydrogen-bond acceptors (Lipinski definition) is 3. The van der Waals surface area contributed by atoms with Gasteiger partial charge in [-0.15, -0.1) is 0 Å². The number of pyridine rings is 2. The molecule has 0 aromatic carbocycles. The van der Waals surface area contributed by atoms with Gasteiger partial charge in [0.2, 0.25) is 0 Å². The van der Waals surface area contributed by atoms with Gasteiger partial charge in [0.1, 0.15) is 0 Å². The highest BCUT2D eigenvalue weighted by Crippen LogP contribution is 2.21. The quantitative estimate of drug-likeness (QED) is 0.873. The van der Waals surface area contributed by atoms with Crippen molar-refractivity contribution in [3.05, 3.63) is 59.7 Å². The van der Waals surface area contributed by atoms with Gasteiger partial charge in [0.25, 0.3) is 0 Å². The van der Waals surface area contributed by atoms with Crippen molar-refractivity contribution in [1.82, 2.24) is 9.97 Å². The zero-order valence-electron chi connectivity index (χ0n) is 9.87. The van der Waals surface area contributed by atoms with Crippen molar-refractivity contribution in [2.24, 2.45) is 0 Å². The first kappa shape index (κ1) is 11.7. The largest absolute Gasteiger partial charge is 0.388 e. The lowest BCUT2D eigenvalue weighted by molar-refractivity contribution is 0.177. The first-order chi connectivity index (χ1) is 8.31. The Balaban J connectivity index is 2.17. The summed E-state index contributed by atoms with van der Waals surface area (Å²) in [7, 11) is 0. The van der Waals surface area contributed by atoms with Gasteiger partial charge in [-0.3, -0.25) is 9.97 Å². The van der Waals surface area contributed by atoms with Gasteiger partial charge in [0.05, 0.1) is 6.10 Å². The molecule has 0 aliphatic carbocycles. The summed E-state index contributed by atoms with van der Waals surface area (Å²) in [6.07, 6.45) is 8.06. The van der Waals surface area contributed by atoms with Crippen molar-refractivity contribution in [1.29, 1.82) is 0 Å². The number of hydrogen-bond donors (Lipinski definition) is 1. The normalized spacial score (nSPS) is 12.4. The fourth-order valence-corrected chi connectivity index (χ4v) is 1.91. The van der Waals surface area contributed by atoms with Gasteiger partial charge in [-0.25, -0.2) is 0 Å². The zero-order chi connectivity index (χ0) is 12.1. The molecule has 2 aromatic rings. The van der Waals surface area contributed by atoms with E-state index in [0.717, 1.165) is 23.1 Å². The number of aliphatic hydroxyl groups is 1. The molecule has 2 aromatic heterocycles. The third-order valence-corrected chi connectivity index (χ3v) is 2.86. The van der Waals surface area contributed by atoms with Gasteiger partial charge in [0.15, 0.2) is 0 Å². The summed E-state index contributed by atoms with van der Waals surface area (Å²) in [5.74, 6) is 0. The smallest absolute Gasteiger partial charge is 0.0834 e. The molecule has 0 aliphatic heterocycles. The van der Waals surface area contributed by atoms with Crippen LogP contribution in [0.4, 0.5) is 0 Å². The number of nitrogens with zero attached hydrogens (tertiary/aromatic N) is 2. The second kappa shape index (κ2) is 5.55. The van der Waals surface area contributed by atoms with E-state index in [4.69, 9.17) is 0 Å². The van der Waals surface area contributed by atoms with Crippen LogP contribution >= 0.6 is 0 Å². The molecular weight excluding hydrogens is 212 g/mol. The number of aliphatic hydroxyl groups excluding tert-OH is 1. The van der Waals surface area contributed by atoms with E-state index >= 15 is 0 Å². The Morgan fingerprint density at radius 2 is 1.82 bits per heavy atom. The molecule has 0 bridgehead atoms. The maximum Gasteiger partial charge on any atom is 0.0834 e. The summed E-state index contributed by atoms with van der Waals surface area (Å²) < 4.78 is 0. The second-order valence-corrected chi connectivity index (χ2v) is 4.00. The van der Waals surface area contributed by atoms with Crippen molar-refractivity contribution in [3.8, 4) is 0 Å². The molecular formula is C14H16N2O. The molecule has 0 spiro atoms. The Morgan fingerprint density at radius 3 is 2.53 bits per heavy atom. The second-order valence-electron chi connectivity index (χ2n) is 4.00. The third-order valence-electron chi connectivity index (χ3n) is 2.86. The van der Waals surface area contributed by atoms with Crippen LogP contribution in [0.3, 0.4) is 0 Å². The minimum absolute atomic E-state index is 0.477. The number of aryl methyl sites for hydroxylation is 1. The fraction of sp³-hybridized carbons (Fsp3) is 0.286. The van der Waals surface area contributed by atoms with E-state index in [0.29, 0.717) is 6.42 Å². The molecule has 17 heavy (non-hydrogen) atoms. The maximum absolute atomic E-state index is 10.2. The van der Waals surface area contributed by atoms with E-state index in [9.17, 15) is 5.11 Å². The van der Waals surface area contributed by atoms with Crippen LogP contribution in [0.15, 0.2) is 43.0 Å². The van der Waals surface area contributed by atoms with Crippen molar-refractivity contribution < 1.29 is 5.11 Å². The molecule has 1 unspecified atom stereocenters. The lowest BCUT2D eigenvalue weighted by atomic mass is 9.98. The van der Waals surface area contributed by atoms with Gasteiger partial charge >= 0.3 is 0 Å². The SMILES string of the molecule is CCc1cnccc1C(O)Cc1ccncc1. The first-order valence-electron chi connectivity index (χ1n) is 5.81. The van der Waals surface area contributed by atoms with Gasteiger partial charge in [0, 0.05) is 31.2 Å². The Morgan fingerprint density at radius 1 is 1.12 bits per heavy atom. The molecule has 2 rings (SSSR count). The average Bonchev–Trinajstić information content (AvgIpc) is 2.40. The Bertz CT molecular complexity index is 471. The predicted octanol–water partition coefficient (Wildman–Crippen LogP) is 2.32. The summed E-state index contributed by atoms with van der Waals surface area (Å²) in [6.45, 7) is 2.07. The molecule has 0 fully saturated rings. The lowest BCUT2D eigenvalue weighted by Gasteiger charge is -2.14. The highest BCUT2D eigenvalue weighted by atomic mass is 16.3. The van der Waals surface area contributed by atoms with Gasteiger partial charge in [-0.05, 0) is 41.3 Å². The molecule has 2 heterocycles. The molecule has 0 radical (unpaired) electrons. The molecule has 3 heteroatoms. The average molecular weight is 228 g/mol. The highest BCUT2D eigenvalue weighted by molar-refractivity contribution is 5.27. The molecule has 0 saturated heterocycles. The van der Waals surface area contributed by atoms with Gasteiger partial charge < -0.3 is 5.11 Å². The topological polar surface area (TPSA) is 46.0 Å². The Kier molecular flexibility index (Phi) is 3.83. The van der Waals surface area contributed by atoms with Gasteiger partial charge in [-0.1, -0.05) is 6.92 Å². The van der Waals surface area contributed by atoms with E-state index < -0.39 is 6.10 Å². The van der Waals surface area contributed by atoms with E-state index in [-0.39, 0.29) is 0 Å². The van der Waals surface area contributed by atoms with Crippen LogP contribution in [-0.2, 0) is 12.8 Å². The van der Waals surface area contributed by atoms with Gasteiger partial charge in [-0.2, -0.15) is 0 Å². The van der Waals surface area contributed by atoms with Crippen molar-refractivity contribution in [2.45, 2.75) is 25.9 Å². The predicted molar refractivity (Wildman–Crippen MR) is 66.5 cm³/mol. The standard InChI is InChI=1S/C14H16N2O/c1-2-12-10-16-8-5-13(12)14(17)9-11-3-6-15-7-4-11/h3-8,10,14,17H,2,9H2,1H3. The van der Waals surface area contributed by atoms with E-state index in [1.165, 1.54) is 0 Å². The molecule has 1 atom stereocenters. The van der Waals surface area contributed by atoms with E-state index in [1.807, 2.05) is 24.4 Å². The zero-order valence-corrected chi connectivity index (χ0v) is 9.87. The highest BCUT2D eigenvalue weighted by Gasteiger charge is 2.11. The number of aromatic nitrogens is 2. The van der Waals surface area contributed by atoms with E-state index in [2.05, 4.69) is 16.9 Å². The monoisotopic (exact) mass is 228 g/mol. The summed E-state index contributed by atoms with van der Waals surface area (Å²) >= 11 is 0. The van der Waals surface area contributed by atoms with Crippen LogP contribution in [0.25, 0.3) is 0 Å². The summed E-state index contributed by atoms with van der Waals surface area (Å²) in [6, 6.07) is 5.75. The molecule has 0 saturated carbocycles. The van der Waals surface area contributed by atoms with Crippen LogP contribution in [0.5, 0.6) is 0 Å². The summed E-state index contributed by atoms with van der Waals surface area (Å²) in [5.41, 5.74) is 3.17. The van der Waals surface area contributed by atoms with Crippen molar-refractivity contribution in [3.63, 3.8) is 0 Å². The minimum atomic E-state index is -0.477. The molecule has 0 aliphatic rings. The lowest BCUT2D eigenvalue weighted by Crippen LogP contribution is -2.05. The number of rotatable bonds is 4. The van der Waals surface area contributed by atoms with Crippen molar-refractivity contribution in [2.75, 3.05) is 0 Å². The molecule has 88 valence electrons. The van der Waals surface area contributed by atoms with Crippen LogP contribution < -0.4 is 0 Å². The summed E-state index contributed by atoms with van der Waals surface area (Å²) in [5, 5.41) is 10.2. The maximum atomic E-state index is 10.2. The van der Waals surface area contributed by atoms with Crippen LogP contribution in [-0.4, -0.2) is 15.1 Å². The van der Waals surface area contributed by atoms with Crippen LogP contribution in [0.2, 0.25) is 0 Å². The fourth-order valence-electron chi connectivity index (χ4n) is 1.91. The Labute approximate surface area is 101 Å². The first-order valence-corrected chi connectivity index (χ1v) is 5.81. The summed E-state index contributed by atoms with van der Waals surface area (Å²) in [4.78, 5) is 8.05. The van der Waals surface area contributed by atoms with Crippen molar-refractivity contribution >= 4 is 0 Å². The Hall–Kier alpha value is -1.74. The van der Waals surface area contributed by atoms with Crippen LogP contribution in [0, 0.1) is 0 Å². The van der Waals surface area contributed by atoms with E-state index in [1.54, 1.807) is 18.6 Å². The van der Waals surface area contributed by atoms with Crippen LogP contribution in [0.1, 0.15) is 29.7 Å². The molecule has 1 N–H and O–H groups in total. The third kappa shape index (κ3) is 2.88. The molecule has 3 nitrogen and oxygen atoms in total.